The molecule has 4 heterocycles. The van der Waals surface area contributed by atoms with Gasteiger partial charge in [0.05, 0.1) is 38.0 Å². The number of fused-ring (bicyclic) bond motifs is 3. The predicted molar refractivity (Wildman–Crippen MR) is 216 cm³/mol. The standard InChI is InChI=1S/C13H11N3O5.C13H9N3O4.C10H6ClNO2.C3H6N2O3/c1-21-13(20)12(19)16-15-11(18)10(17)8-6-14-9-5-3-2-4-7(8)9;1-19-13(18)12-16-15-11(20-12)10(17)8-6-14-9-5-3-2-4-7(8)9;11-10(14)9(13)7-5-12-8-4-2-1-3-6(7)8;1-8-3(7)2(6)5-4/h2-6,14H,1H3,(H,15,18)(H,16,19);2-6,14H,1H3;1-5,12H;4H2,1H3,(H,5,6). The van der Waals surface area contributed by atoms with E-state index >= 15 is 0 Å². The van der Waals surface area contributed by atoms with E-state index in [2.05, 4.69) is 45.2 Å². The van der Waals surface area contributed by atoms with E-state index in [1.165, 1.54) is 19.5 Å². The van der Waals surface area contributed by atoms with Crippen LogP contribution in [0.2, 0.25) is 0 Å². The van der Waals surface area contributed by atoms with Crippen molar-refractivity contribution in [3.05, 3.63) is 120 Å². The average Bonchev–Trinajstić information content (AvgIpc) is 4.15. The number of nitrogens with one attached hydrogen (secondary N) is 6. The molecule has 63 heavy (non-hydrogen) atoms. The number of carbonyl (C=O) groups excluding carboxylic acids is 10. The molecule has 0 atom stereocenters. The number of halogens is 1. The molecule has 0 bridgehead atoms. The number of para-hydroxylation sites is 3. The molecule has 0 unspecified atom stereocenters. The fraction of sp³-hybridized carbons (Fsp3) is 0.0769. The first-order valence-corrected chi connectivity index (χ1v) is 17.8. The monoisotopic (exact) mass is 885 g/mol. The van der Waals surface area contributed by atoms with Gasteiger partial charge in [-0.15, -0.1) is 10.2 Å². The molecule has 4 aromatic heterocycles. The van der Waals surface area contributed by atoms with Crippen LogP contribution < -0.4 is 22.1 Å². The molecule has 7 aromatic rings. The topological polar surface area (TPSA) is 347 Å². The molecular formula is C39H32ClN9O14. The Bertz CT molecular complexity index is 2860. The Hall–Kier alpha value is -8.83. The van der Waals surface area contributed by atoms with Crippen molar-refractivity contribution in [1.29, 1.82) is 0 Å². The van der Waals surface area contributed by atoms with Crippen LogP contribution in [0.25, 0.3) is 32.7 Å². The lowest BCUT2D eigenvalue weighted by Crippen LogP contribution is -2.47. The van der Waals surface area contributed by atoms with Gasteiger partial charge in [-0.1, -0.05) is 54.6 Å². The third kappa shape index (κ3) is 11.7. The molecule has 0 radical (unpaired) electrons. The Morgan fingerprint density at radius 2 is 0.968 bits per heavy atom. The van der Waals surface area contributed by atoms with Crippen molar-refractivity contribution in [2.75, 3.05) is 21.3 Å². The van der Waals surface area contributed by atoms with Crippen LogP contribution in [0.4, 0.5) is 0 Å². The lowest BCUT2D eigenvalue weighted by Gasteiger charge is -2.04. The predicted octanol–water partition coefficient (Wildman–Crippen LogP) is 1.50. The SMILES string of the molecule is COC(=O)C(=O)NN.COC(=O)C(=O)NNC(=O)C(=O)c1c[nH]c2ccccc12.COC(=O)c1nnc(C(=O)c2c[nH]c3ccccc23)o1.O=C(Cl)C(=O)c1c[nH]c2ccccc12. The number of aromatic amines is 3. The number of methoxy groups -OCH3 is 3. The van der Waals surface area contributed by atoms with Gasteiger partial charge < -0.3 is 33.6 Å². The molecule has 0 aliphatic rings. The molecule has 8 N–H and O–H groups in total. The number of ketones is 3. The van der Waals surface area contributed by atoms with Crippen molar-refractivity contribution in [3.8, 4) is 0 Å². The highest BCUT2D eigenvalue weighted by Crippen LogP contribution is 2.21. The molecule has 0 aliphatic heterocycles. The highest BCUT2D eigenvalue weighted by atomic mass is 35.5. The number of hydrogen-bond acceptors (Lipinski definition) is 17. The first-order chi connectivity index (χ1) is 30.2. The van der Waals surface area contributed by atoms with E-state index in [0.29, 0.717) is 27.4 Å². The highest BCUT2D eigenvalue weighted by molar-refractivity contribution is 6.83. The van der Waals surface area contributed by atoms with Crippen LogP contribution in [-0.2, 0) is 43.0 Å². The second-order valence-electron chi connectivity index (χ2n) is 11.8. The van der Waals surface area contributed by atoms with Gasteiger partial charge in [-0.05, 0) is 29.8 Å². The molecule has 0 saturated heterocycles. The highest BCUT2D eigenvalue weighted by Gasteiger charge is 2.24. The normalized spacial score (nSPS) is 9.98. The second-order valence-corrected chi connectivity index (χ2v) is 12.1. The van der Waals surface area contributed by atoms with Crippen LogP contribution in [0, 0.1) is 0 Å². The zero-order valence-electron chi connectivity index (χ0n) is 32.7. The van der Waals surface area contributed by atoms with E-state index in [4.69, 9.17) is 16.0 Å². The number of aromatic nitrogens is 5. The van der Waals surface area contributed by atoms with Gasteiger partial charge >= 0.3 is 41.5 Å². The summed E-state index contributed by atoms with van der Waals surface area (Å²) in [7, 11) is 3.30. The fourth-order valence-electron chi connectivity index (χ4n) is 5.07. The lowest BCUT2D eigenvalue weighted by molar-refractivity contribution is -0.153. The maximum absolute atomic E-state index is 12.3. The maximum atomic E-state index is 12.3. The molecule has 3 aromatic carbocycles. The molecule has 0 saturated carbocycles. The zero-order chi connectivity index (χ0) is 46.2. The number of rotatable bonds is 7. The quantitative estimate of drug-likeness (QED) is 0.0174. The smallest absolute Gasteiger partial charge is 0.398 e. The number of hydrazine groups is 2. The molecule has 0 spiro atoms. The summed E-state index contributed by atoms with van der Waals surface area (Å²) in [5.41, 5.74) is 8.45. The number of hydrogen-bond donors (Lipinski definition) is 7. The van der Waals surface area contributed by atoms with Crippen molar-refractivity contribution in [2.45, 2.75) is 0 Å². The minimum absolute atomic E-state index is 0.162. The number of esters is 3. The fourth-order valence-corrected chi connectivity index (χ4v) is 5.17. The van der Waals surface area contributed by atoms with Gasteiger partial charge in [-0.3, -0.25) is 49.8 Å². The van der Waals surface area contributed by atoms with Crippen molar-refractivity contribution in [1.82, 2.24) is 41.4 Å². The summed E-state index contributed by atoms with van der Waals surface area (Å²) in [6.45, 7) is 0. The molecule has 0 fully saturated rings. The Morgan fingerprint density at radius 3 is 1.41 bits per heavy atom. The van der Waals surface area contributed by atoms with Crippen LogP contribution in [0.3, 0.4) is 0 Å². The van der Waals surface area contributed by atoms with Crippen LogP contribution in [0.15, 0.2) is 95.8 Å². The summed E-state index contributed by atoms with van der Waals surface area (Å²) < 4.78 is 17.6. The minimum Gasteiger partial charge on any atom is -0.462 e. The van der Waals surface area contributed by atoms with Crippen molar-refractivity contribution < 1.29 is 66.6 Å². The van der Waals surface area contributed by atoms with Crippen LogP contribution in [0.1, 0.15) is 47.6 Å². The first-order valence-electron chi connectivity index (χ1n) is 17.4. The van der Waals surface area contributed by atoms with Crippen LogP contribution in [0.5, 0.6) is 0 Å². The molecule has 3 amide bonds. The lowest BCUT2D eigenvalue weighted by atomic mass is 10.1. The Labute approximate surface area is 356 Å². The summed E-state index contributed by atoms with van der Waals surface area (Å²) in [6.07, 6.45) is 4.46. The van der Waals surface area contributed by atoms with Crippen LogP contribution in [-0.4, -0.2) is 105 Å². The molecule has 24 heteroatoms. The van der Waals surface area contributed by atoms with Crippen molar-refractivity contribution >= 4 is 103 Å². The zero-order valence-corrected chi connectivity index (χ0v) is 33.5. The van der Waals surface area contributed by atoms with E-state index < -0.39 is 58.2 Å². The largest absolute Gasteiger partial charge is 0.462 e. The van der Waals surface area contributed by atoms with Gasteiger partial charge in [0.25, 0.3) is 22.7 Å². The number of Topliss-reactive ketones (excluding diaryl/α,β-unsaturated/α-hetero) is 2. The van der Waals surface area contributed by atoms with Gasteiger partial charge in [-0.2, -0.15) is 0 Å². The molecule has 7 rings (SSSR count). The van der Waals surface area contributed by atoms with Gasteiger partial charge in [-0.25, -0.2) is 20.2 Å². The molecule has 324 valence electrons. The Balaban J connectivity index is 0.000000194. The summed E-state index contributed by atoms with van der Waals surface area (Å²) in [6, 6.07) is 21.5. The van der Waals surface area contributed by atoms with Crippen molar-refractivity contribution in [3.63, 3.8) is 0 Å². The molecule has 23 nitrogen and oxygen atoms in total. The van der Waals surface area contributed by atoms with Gasteiger partial charge in [0.1, 0.15) is 0 Å². The van der Waals surface area contributed by atoms with Crippen LogP contribution >= 0.6 is 11.6 Å². The number of H-pyrrole nitrogens is 3. The number of carbonyl (C=O) groups is 10. The van der Waals surface area contributed by atoms with Gasteiger partial charge in [0.2, 0.25) is 5.78 Å². The second kappa shape index (κ2) is 22.0. The van der Waals surface area contributed by atoms with E-state index in [9.17, 15) is 47.9 Å². The Morgan fingerprint density at radius 1 is 0.556 bits per heavy atom. The number of amides is 3. The summed E-state index contributed by atoms with van der Waals surface area (Å²) in [5, 5.41) is 8.12. The van der Waals surface area contributed by atoms with E-state index in [1.54, 1.807) is 59.5 Å². The van der Waals surface area contributed by atoms with Gasteiger partial charge in [0, 0.05) is 51.3 Å². The third-order valence-corrected chi connectivity index (χ3v) is 8.20. The average molecular weight is 886 g/mol. The summed E-state index contributed by atoms with van der Waals surface area (Å²) in [5.74, 6) is -4.20. The number of benzene rings is 3. The first kappa shape index (κ1) is 46.9. The molecule has 0 aliphatic carbocycles. The Kier molecular flexibility index (Phi) is 16.3. The summed E-state index contributed by atoms with van der Waals surface area (Å²) >= 11 is 5.12. The number of nitrogens with zero attached hydrogens (tertiary/aromatic N) is 2. The number of nitrogens with two attached hydrogens (primary N) is 1. The minimum atomic E-state index is -1.19. The van der Waals surface area contributed by atoms with Crippen molar-refractivity contribution in [2.24, 2.45) is 5.84 Å². The summed E-state index contributed by atoms with van der Waals surface area (Å²) in [4.78, 5) is 120. The van der Waals surface area contributed by atoms with E-state index in [1.807, 2.05) is 35.8 Å². The molecular weight excluding hydrogens is 854 g/mol. The van der Waals surface area contributed by atoms with E-state index in [0.717, 1.165) is 30.6 Å². The van der Waals surface area contributed by atoms with Gasteiger partial charge in [0.15, 0.2) is 0 Å². The van der Waals surface area contributed by atoms with E-state index in [-0.39, 0.29) is 17.3 Å². The maximum Gasteiger partial charge on any atom is 0.398 e. The third-order valence-electron chi connectivity index (χ3n) is 8.03. The number of ether oxygens (including phenoxy) is 3.